The van der Waals surface area contributed by atoms with Gasteiger partial charge in [0.2, 0.25) is 0 Å². The van der Waals surface area contributed by atoms with E-state index in [1.807, 2.05) is 57.2 Å². The van der Waals surface area contributed by atoms with E-state index in [2.05, 4.69) is 41.9 Å². The average Bonchev–Trinajstić information content (AvgIpc) is 2.80. The Morgan fingerprint density at radius 1 is 0.943 bits per heavy atom. The molecule has 35 heavy (non-hydrogen) atoms. The fourth-order valence-corrected chi connectivity index (χ4v) is 4.22. The second-order valence-electron chi connectivity index (χ2n) is 10.5. The molecule has 0 aromatic heterocycles. The van der Waals surface area contributed by atoms with Crippen molar-refractivity contribution in [3.05, 3.63) is 95.3 Å². The summed E-state index contributed by atoms with van der Waals surface area (Å²) in [5, 5.41) is 17.3. The van der Waals surface area contributed by atoms with Crippen LogP contribution in [0.2, 0.25) is 0 Å². The van der Waals surface area contributed by atoms with Crippen LogP contribution in [0.5, 0.6) is 0 Å². The van der Waals surface area contributed by atoms with Crippen LogP contribution in [0.4, 0.5) is 20.6 Å². The van der Waals surface area contributed by atoms with Gasteiger partial charge in [-0.3, -0.25) is 0 Å². The molecule has 3 aromatic rings. The summed E-state index contributed by atoms with van der Waals surface area (Å²) in [4.78, 5) is 12.5. The Kier molecular flexibility index (Phi) is 7.95. The van der Waals surface area contributed by atoms with Crippen LogP contribution >= 0.6 is 0 Å². The van der Waals surface area contributed by atoms with Gasteiger partial charge in [-0.1, -0.05) is 50.2 Å². The first kappa shape index (κ1) is 25.9. The molecule has 0 unspecified atom stereocenters. The van der Waals surface area contributed by atoms with Gasteiger partial charge in [-0.05, 0) is 73.7 Å². The summed E-state index contributed by atoms with van der Waals surface area (Å²) in [6.45, 7) is 10.6. The van der Waals surface area contributed by atoms with Crippen molar-refractivity contribution in [1.29, 1.82) is 5.41 Å². The van der Waals surface area contributed by atoms with Crippen LogP contribution in [0, 0.1) is 16.6 Å². The minimum absolute atomic E-state index is 0.0304. The first-order valence-electron chi connectivity index (χ1n) is 11.8. The standard InChI is InChI=1S/C29H35FN4O/c1-28(2,3)34-27(35)32-19-29(4,5)26(20-9-7-6-8-10-20)21-11-16-25(22(17-21)18-31)33-24-14-12-23(30)13-15-24/h6-18,26,31,33H,19H2,1-5H3,(H2,32,34,35)/t26-/m0/s1. The minimum Gasteiger partial charge on any atom is -0.355 e. The predicted molar refractivity (Wildman–Crippen MR) is 142 cm³/mol. The number of hydrogen-bond donors (Lipinski definition) is 4. The summed E-state index contributed by atoms with van der Waals surface area (Å²) in [7, 11) is 0. The summed E-state index contributed by atoms with van der Waals surface area (Å²) in [6.07, 6.45) is 1.32. The molecule has 6 heteroatoms. The highest BCUT2D eigenvalue weighted by molar-refractivity contribution is 5.88. The smallest absolute Gasteiger partial charge is 0.315 e. The summed E-state index contributed by atoms with van der Waals surface area (Å²) in [5.74, 6) is -0.326. The number of urea groups is 1. The molecule has 3 aromatic carbocycles. The molecular weight excluding hydrogens is 439 g/mol. The maximum absolute atomic E-state index is 13.3. The van der Waals surface area contributed by atoms with Gasteiger partial charge in [-0.25, -0.2) is 9.18 Å². The largest absolute Gasteiger partial charge is 0.355 e. The van der Waals surface area contributed by atoms with Gasteiger partial charge < -0.3 is 21.4 Å². The number of carbonyl (C=O) groups excluding carboxylic acids is 1. The molecule has 0 saturated carbocycles. The van der Waals surface area contributed by atoms with E-state index < -0.39 is 0 Å². The van der Waals surface area contributed by atoms with Crippen molar-refractivity contribution in [2.45, 2.75) is 46.1 Å². The number of nitrogens with one attached hydrogen (secondary N) is 4. The van der Waals surface area contributed by atoms with Gasteiger partial charge in [0.15, 0.2) is 0 Å². The van der Waals surface area contributed by atoms with Crippen molar-refractivity contribution in [1.82, 2.24) is 10.6 Å². The summed E-state index contributed by atoms with van der Waals surface area (Å²) in [6, 6.07) is 22.1. The quantitative estimate of drug-likeness (QED) is 0.270. The number of amides is 2. The predicted octanol–water partition coefficient (Wildman–Crippen LogP) is 6.82. The molecule has 0 aliphatic carbocycles. The lowest BCUT2D eigenvalue weighted by atomic mass is 9.71. The zero-order valence-corrected chi connectivity index (χ0v) is 21.1. The zero-order valence-electron chi connectivity index (χ0n) is 21.1. The Balaban J connectivity index is 1.92. The fourth-order valence-electron chi connectivity index (χ4n) is 4.22. The van der Waals surface area contributed by atoms with Gasteiger partial charge >= 0.3 is 6.03 Å². The van der Waals surface area contributed by atoms with E-state index in [1.54, 1.807) is 12.1 Å². The molecule has 0 aliphatic heterocycles. The average molecular weight is 475 g/mol. The highest BCUT2D eigenvalue weighted by Crippen LogP contribution is 2.41. The van der Waals surface area contributed by atoms with Crippen LogP contribution in [0.15, 0.2) is 72.8 Å². The van der Waals surface area contributed by atoms with Crippen molar-refractivity contribution in [2.75, 3.05) is 11.9 Å². The van der Waals surface area contributed by atoms with Crippen molar-refractivity contribution in [2.24, 2.45) is 5.41 Å². The SMILES string of the molecule is CC(C)(C)NC(=O)NCC(C)(C)[C@@H](c1ccccc1)c1ccc(Nc2ccc(F)cc2)c(C=N)c1. The van der Waals surface area contributed by atoms with Crippen LogP contribution in [-0.4, -0.2) is 24.3 Å². The van der Waals surface area contributed by atoms with Crippen LogP contribution in [0.1, 0.15) is 57.2 Å². The molecule has 0 saturated heterocycles. The first-order valence-corrected chi connectivity index (χ1v) is 11.8. The van der Waals surface area contributed by atoms with E-state index in [1.165, 1.54) is 18.3 Å². The van der Waals surface area contributed by atoms with Crippen molar-refractivity contribution in [3.8, 4) is 0 Å². The number of rotatable bonds is 8. The molecule has 2 amide bonds. The van der Waals surface area contributed by atoms with Crippen molar-refractivity contribution in [3.63, 3.8) is 0 Å². The monoisotopic (exact) mass is 474 g/mol. The minimum atomic E-state index is -0.332. The molecule has 0 bridgehead atoms. The molecule has 3 rings (SSSR count). The van der Waals surface area contributed by atoms with Gasteiger partial charge in [-0.15, -0.1) is 0 Å². The van der Waals surface area contributed by atoms with Crippen LogP contribution in [0.3, 0.4) is 0 Å². The van der Waals surface area contributed by atoms with Crippen LogP contribution in [-0.2, 0) is 0 Å². The molecule has 4 N–H and O–H groups in total. The molecule has 0 heterocycles. The Morgan fingerprint density at radius 2 is 1.60 bits per heavy atom. The third-order valence-electron chi connectivity index (χ3n) is 5.80. The van der Waals surface area contributed by atoms with Gasteiger partial charge in [0.05, 0.1) is 0 Å². The molecular formula is C29H35FN4O. The Hall–Kier alpha value is -3.67. The normalized spacial score (nSPS) is 12.5. The van der Waals surface area contributed by atoms with Gasteiger partial charge in [0, 0.05) is 41.2 Å². The van der Waals surface area contributed by atoms with E-state index in [0.717, 1.165) is 28.1 Å². The first-order chi connectivity index (χ1) is 16.5. The van der Waals surface area contributed by atoms with E-state index in [-0.39, 0.29) is 28.7 Å². The lowest BCUT2D eigenvalue weighted by molar-refractivity contribution is 0.222. The topological polar surface area (TPSA) is 77.0 Å². The molecule has 5 nitrogen and oxygen atoms in total. The third-order valence-corrected chi connectivity index (χ3v) is 5.80. The summed E-state index contributed by atoms with van der Waals surface area (Å²) >= 11 is 0. The van der Waals surface area contributed by atoms with E-state index in [9.17, 15) is 9.18 Å². The highest BCUT2D eigenvalue weighted by atomic mass is 19.1. The second kappa shape index (κ2) is 10.7. The molecule has 0 aliphatic rings. The van der Waals surface area contributed by atoms with Gasteiger partial charge in [0.25, 0.3) is 0 Å². The van der Waals surface area contributed by atoms with Crippen LogP contribution < -0.4 is 16.0 Å². The maximum Gasteiger partial charge on any atom is 0.315 e. The zero-order chi connectivity index (χ0) is 25.6. The summed E-state index contributed by atoms with van der Waals surface area (Å²) in [5.41, 5.74) is 3.76. The van der Waals surface area contributed by atoms with E-state index in [4.69, 9.17) is 5.41 Å². The van der Waals surface area contributed by atoms with E-state index in [0.29, 0.717) is 6.54 Å². The van der Waals surface area contributed by atoms with E-state index >= 15 is 0 Å². The van der Waals surface area contributed by atoms with Gasteiger partial charge in [-0.2, -0.15) is 0 Å². The lowest BCUT2D eigenvalue weighted by Crippen LogP contribution is -2.49. The van der Waals surface area contributed by atoms with Crippen molar-refractivity contribution < 1.29 is 9.18 Å². The Bertz CT molecular complexity index is 1150. The molecule has 184 valence electrons. The number of carbonyl (C=O) groups is 1. The number of benzene rings is 3. The van der Waals surface area contributed by atoms with Gasteiger partial charge in [0.1, 0.15) is 5.82 Å². The molecule has 0 fully saturated rings. The van der Waals surface area contributed by atoms with Crippen molar-refractivity contribution >= 4 is 23.6 Å². The number of hydrogen-bond acceptors (Lipinski definition) is 3. The highest BCUT2D eigenvalue weighted by Gasteiger charge is 2.33. The molecule has 0 spiro atoms. The number of anilines is 2. The Morgan fingerprint density at radius 3 is 2.20 bits per heavy atom. The second-order valence-corrected chi connectivity index (χ2v) is 10.5. The fraction of sp³-hybridized carbons (Fsp3) is 0.310. The third kappa shape index (κ3) is 7.15. The molecule has 0 radical (unpaired) electrons. The van der Waals surface area contributed by atoms with Crippen LogP contribution in [0.25, 0.3) is 0 Å². The molecule has 1 atom stereocenters. The Labute approximate surface area is 207 Å². The summed E-state index contributed by atoms with van der Waals surface area (Å²) < 4.78 is 13.3. The lowest BCUT2D eigenvalue weighted by Gasteiger charge is -2.36. The maximum atomic E-state index is 13.3. The number of halogens is 1.